The second-order valence-electron chi connectivity index (χ2n) is 8.72. The van der Waals surface area contributed by atoms with Crippen molar-refractivity contribution in [3.63, 3.8) is 0 Å². The van der Waals surface area contributed by atoms with Gasteiger partial charge in [0.25, 0.3) is 0 Å². The topological polar surface area (TPSA) is 96.0 Å². The summed E-state index contributed by atoms with van der Waals surface area (Å²) < 4.78 is 31.6. The second kappa shape index (κ2) is 13.5. The highest BCUT2D eigenvalue weighted by molar-refractivity contribution is 7.92. The molecule has 2 rings (SSSR count). The molecule has 0 saturated heterocycles. The fraction of sp³-hybridized carbons (Fsp3) is 0.462. The van der Waals surface area contributed by atoms with Gasteiger partial charge in [0.05, 0.1) is 19.1 Å². The van der Waals surface area contributed by atoms with Crippen molar-refractivity contribution >= 4 is 39.1 Å². The highest BCUT2D eigenvalue weighted by Gasteiger charge is 2.28. The van der Waals surface area contributed by atoms with Gasteiger partial charge in [-0.15, -0.1) is 0 Å². The summed E-state index contributed by atoms with van der Waals surface area (Å²) in [6.07, 6.45) is 2.18. The molecule has 0 aromatic heterocycles. The van der Waals surface area contributed by atoms with E-state index in [1.807, 2.05) is 26.0 Å². The number of rotatable bonds is 13. The van der Waals surface area contributed by atoms with Crippen molar-refractivity contribution in [2.75, 3.05) is 24.2 Å². The summed E-state index contributed by atoms with van der Waals surface area (Å²) in [6.45, 7) is 5.80. The van der Waals surface area contributed by atoms with Crippen LogP contribution >= 0.6 is 11.6 Å². The monoisotopic (exact) mass is 537 g/mol. The normalized spacial score (nSPS) is 12.9. The van der Waals surface area contributed by atoms with Crippen LogP contribution < -0.4 is 14.4 Å². The van der Waals surface area contributed by atoms with E-state index in [1.54, 1.807) is 43.3 Å². The Balaban J connectivity index is 2.21. The molecule has 2 amide bonds. The van der Waals surface area contributed by atoms with Gasteiger partial charge >= 0.3 is 0 Å². The van der Waals surface area contributed by atoms with Gasteiger partial charge in [0, 0.05) is 30.6 Å². The van der Waals surface area contributed by atoms with Gasteiger partial charge in [-0.25, -0.2) is 8.42 Å². The molecule has 10 heteroatoms. The van der Waals surface area contributed by atoms with Crippen LogP contribution in [0.5, 0.6) is 5.75 Å². The summed E-state index contributed by atoms with van der Waals surface area (Å²) in [4.78, 5) is 27.7. The van der Waals surface area contributed by atoms with Crippen LogP contribution in [0, 0.1) is 0 Å². The van der Waals surface area contributed by atoms with Crippen LogP contribution in [-0.2, 0) is 26.2 Å². The van der Waals surface area contributed by atoms with Crippen molar-refractivity contribution in [3.05, 3.63) is 59.1 Å². The van der Waals surface area contributed by atoms with Crippen LogP contribution in [0.15, 0.2) is 48.5 Å². The summed E-state index contributed by atoms with van der Waals surface area (Å²) in [5.74, 6) is -0.100. The van der Waals surface area contributed by atoms with Gasteiger partial charge in [-0.1, -0.05) is 48.9 Å². The lowest BCUT2D eigenvalue weighted by Crippen LogP contribution is -2.49. The maximum Gasteiger partial charge on any atom is 0.242 e. The Morgan fingerprint density at radius 2 is 1.72 bits per heavy atom. The summed E-state index contributed by atoms with van der Waals surface area (Å²) in [5.41, 5.74) is 1.13. The molecule has 2 aromatic rings. The predicted molar refractivity (Wildman–Crippen MR) is 144 cm³/mol. The lowest BCUT2D eigenvalue weighted by atomic mass is 10.1. The molecule has 0 aliphatic rings. The summed E-state index contributed by atoms with van der Waals surface area (Å²) in [7, 11) is -2.15. The third kappa shape index (κ3) is 8.13. The number of nitrogens with zero attached hydrogens (tertiary/aromatic N) is 2. The number of carbonyl (C=O) groups is 2. The van der Waals surface area contributed by atoms with Crippen LogP contribution in [0.1, 0.15) is 45.6 Å². The molecular formula is C26H36ClN3O5S. The molecule has 0 fully saturated rings. The average molecular weight is 538 g/mol. The van der Waals surface area contributed by atoms with Crippen LogP contribution in [-0.4, -0.2) is 57.1 Å². The van der Waals surface area contributed by atoms with Gasteiger partial charge in [-0.05, 0) is 50.5 Å². The molecule has 0 aliphatic carbocycles. The number of carbonyl (C=O) groups excluding carboxylic acids is 2. The van der Waals surface area contributed by atoms with Crippen molar-refractivity contribution in [2.24, 2.45) is 0 Å². The molecule has 0 heterocycles. The molecule has 36 heavy (non-hydrogen) atoms. The minimum atomic E-state index is -3.62. The number of hydrogen-bond acceptors (Lipinski definition) is 5. The number of ether oxygens (including phenoxy) is 1. The van der Waals surface area contributed by atoms with Gasteiger partial charge in [0.1, 0.15) is 11.8 Å². The molecule has 0 bridgehead atoms. The highest BCUT2D eigenvalue weighted by atomic mass is 35.5. The lowest BCUT2D eigenvalue weighted by Gasteiger charge is -2.30. The number of nitrogens with one attached hydrogen (secondary N) is 1. The van der Waals surface area contributed by atoms with Crippen LogP contribution in [0.25, 0.3) is 0 Å². The zero-order valence-corrected chi connectivity index (χ0v) is 23.1. The van der Waals surface area contributed by atoms with E-state index in [9.17, 15) is 18.0 Å². The summed E-state index contributed by atoms with van der Waals surface area (Å²) in [6, 6.07) is 13.2. The zero-order valence-electron chi connectivity index (χ0n) is 21.5. The Labute approximate surface area is 219 Å². The maximum atomic E-state index is 13.4. The van der Waals surface area contributed by atoms with Crippen LogP contribution in [0.2, 0.25) is 5.02 Å². The van der Waals surface area contributed by atoms with Crippen LogP contribution in [0.4, 0.5) is 5.69 Å². The van der Waals surface area contributed by atoms with E-state index in [2.05, 4.69) is 5.32 Å². The Morgan fingerprint density at radius 1 is 1.08 bits per heavy atom. The molecule has 0 radical (unpaired) electrons. The standard InChI is InChI=1S/C26H36ClN3O5S/c1-6-19(2)28-26(32)20(3)29(18-21-12-7-8-13-22(21)27)25(31)16-11-17-30(36(5,33)34)23-14-9-10-15-24(23)35-4/h7-10,12-15,19-20H,6,11,16-18H2,1-5H3,(H,28,32)/t19-,20-/m1/s1. The minimum absolute atomic E-state index is 0.0265. The molecule has 0 saturated carbocycles. The Morgan fingerprint density at radius 3 is 2.33 bits per heavy atom. The Bertz CT molecular complexity index is 1140. The van der Waals surface area contributed by atoms with E-state index >= 15 is 0 Å². The maximum absolute atomic E-state index is 13.4. The quantitative estimate of drug-likeness (QED) is 0.412. The van der Waals surface area contributed by atoms with E-state index in [4.69, 9.17) is 16.3 Å². The highest BCUT2D eigenvalue weighted by Crippen LogP contribution is 2.30. The van der Waals surface area contributed by atoms with Crippen molar-refractivity contribution < 1.29 is 22.7 Å². The molecular weight excluding hydrogens is 502 g/mol. The summed E-state index contributed by atoms with van der Waals surface area (Å²) in [5, 5.41) is 3.43. The fourth-order valence-electron chi connectivity index (χ4n) is 3.68. The number of benzene rings is 2. The predicted octanol–water partition coefficient (Wildman–Crippen LogP) is 4.23. The minimum Gasteiger partial charge on any atom is -0.495 e. The number of amides is 2. The molecule has 2 atom stereocenters. The first kappa shape index (κ1) is 29.5. The molecule has 0 spiro atoms. The van der Waals surface area contributed by atoms with E-state index in [1.165, 1.54) is 16.3 Å². The number of methoxy groups -OCH3 is 1. The van der Waals surface area contributed by atoms with Gasteiger partial charge in [-0.3, -0.25) is 13.9 Å². The first-order valence-electron chi connectivity index (χ1n) is 11.9. The molecule has 2 aromatic carbocycles. The number of hydrogen-bond donors (Lipinski definition) is 1. The van der Waals surface area contributed by atoms with E-state index < -0.39 is 16.1 Å². The molecule has 0 unspecified atom stereocenters. The molecule has 198 valence electrons. The number of anilines is 1. The van der Waals surface area contributed by atoms with E-state index in [0.717, 1.165) is 18.2 Å². The first-order chi connectivity index (χ1) is 17.0. The van der Waals surface area contributed by atoms with Gasteiger partial charge in [0.2, 0.25) is 21.8 Å². The largest absolute Gasteiger partial charge is 0.495 e. The van der Waals surface area contributed by atoms with Gasteiger partial charge in [-0.2, -0.15) is 0 Å². The van der Waals surface area contributed by atoms with Crippen molar-refractivity contribution in [1.82, 2.24) is 10.2 Å². The Hall–Kier alpha value is -2.78. The number of sulfonamides is 1. The lowest BCUT2D eigenvalue weighted by molar-refractivity contribution is -0.140. The second-order valence-corrected chi connectivity index (χ2v) is 11.0. The zero-order chi connectivity index (χ0) is 26.9. The Kier molecular flexibility index (Phi) is 11.0. The van der Waals surface area contributed by atoms with Gasteiger partial charge < -0.3 is 15.0 Å². The first-order valence-corrected chi connectivity index (χ1v) is 14.2. The number of halogens is 1. The SMILES string of the molecule is CC[C@@H](C)NC(=O)[C@@H](C)N(Cc1ccccc1Cl)C(=O)CCCN(c1ccccc1OC)S(C)(=O)=O. The van der Waals surface area contributed by atoms with Crippen molar-refractivity contribution in [2.45, 2.75) is 58.7 Å². The smallest absolute Gasteiger partial charge is 0.242 e. The number of para-hydroxylation sites is 2. The van der Waals surface area contributed by atoms with Crippen molar-refractivity contribution in [1.29, 1.82) is 0 Å². The third-order valence-electron chi connectivity index (χ3n) is 5.97. The summed E-state index contributed by atoms with van der Waals surface area (Å²) >= 11 is 6.33. The van der Waals surface area contributed by atoms with Gasteiger partial charge in [0.15, 0.2) is 0 Å². The molecule has 0 aliphatic heterocycles. The molecule has 8 nitrogen and oxygen atoms in total. The van der Waals surface area contributed by atoms with E-state index in [-0.39, 0.29) is 43.8 Å². The van der Waals surface area contributed by atoms with Crippen molar-refractivity contribution in [3.8, 4) is 5.75 Å². The van der Waals surface area contributed by atoms with E-state index in [0.29, 0.717) is 16.5 Å². The third-order valence-corrected chi connectivity index (χ3v) is 7.52. The van der Waals surface area contributed by atoms with Crippen LogP contribution in [0.3, 0.4) is 0 Å². The fourth-order valence-corrected chi connectivity index (χ4v) is 4.84. The average Bonchev–Trinajstić information content (AvgIpc) is 2.84. The molecule has 1 N–H and O–H groups in total.